The molecule has 0 bridgehead atoms. The van der Waals surface area contributed by atoms with Gasteiger partial charge in [-0.1, -0.05) is 32.0 Å². The molecule has 0 aliphatic carbocycles. The standard InChI is InChI=1S/C16H23FO3/c1-4-12(2)15-18-10-16(3,11-19-15)20-9-13-7-5-6-8-14(13)17/h5-8,12,15H,4,9-11H2,1-3H3/t12?,15-,16+. The van der Waals surface area contributed by atoms with Crippen molar-refractivity contribution in [1.29, 1.82) is 0 Å². The molecule has 1 atom stereocenters. The van der Waals surface area contributed by atoms with Crippen molar-refractivity contribution in [3.8, 4) is 0 Å². The van der Waals surface area contributed by atoms with E-state index in [0.29, 0.717) is 24.7 Å². The second-order valence-electron chi connectivity index (χ2n) is 5.71. The molecule has 1 aliphatic heterocycles. The summed E-state index contributed by atoms with van der Waals surface area (Å²) in [6.45, 7) is 7.31. The molecule has 112 valence electrons. The number of hydrogen-bond acceptors (Lipinski definition) is 3. The summed E-state index contributed by atoms with van der Waals surface area (Å²) in [5.41, 5.74) is 0.0319. The van der Waals surface area contributed by atoms with E-state index in [1.165, 1.54) is 6.07 Å². The second-order valence-corrected chi connectivity index (χ2v) is 5.71. The van der Waals surface area contributed by atoms with Gasteiger partial charge in [0.2, 0.25) is 0 Å². The van der Waals surface area contributed by atoms with Gasteiger partial charge in [0.1, 0.15) is 11.4 Å². The van der Waals surface area contributed by atoms with Crippen LogP contribution >= 0.6 is 0 Å². The number of rotatable bonds is 5. The van der Waals surface area contributed by atoms with Gasteiger partial charge >= 0.3 is 0 Å². The molecule has 4 heteroatoms. The van der Waals surface area contributed by atoms with Gasteiger partial charge in [0.25, 0.3) is 0 Å². The molecule has 0 amide bonds. The molecule has 1 aliphatic rings. The largest absolute Gasteiger partial charge is 0.366 e. The molecule has 1 unspecified atom stereocenters. The second kappa shape index (κ2) is 6.66. The Bertz CT molecular complexity index is 427. The van der Waals surface area contributed by atoms with Crippen LogP contribution in [0.4, 0.5) is 4.39 Å². The third kappa shape index (κ3) is 3.78. The molecular formula is C16H23FO3. The summed E-state index contributed by atoms with van der Waals surface area (Å²) in [6, 6.07) is 6.64. The van der Waals surface area contributed by atoms with Crippen LogP contribution < -0.4 is 0 Å². The van der Waals surface area contributed by atoms with E-state index in [9.17, 15) is 4.39 Å². The van der Waals surface area contributed by atoms with Crippen LogP contribution in [0.2, 0.25) is 0 Å². The zero-order valence-electron chi connectivity index (χ0n) is 12.4. The van der Waals surface area contributed by atoms with Crippen molar-refractivity contribution < 1.29 is 18.6 Å². The van der Waals surface area contributed by atoms with Crippen LogP contribution in [0, 0.1) is 11.7 Å². The van der Waals surface area contributed by atoms with Gasteiger partial charge in [-0.2, -0.15) is 0 Å². The summed E-state index contributed by atoms with van der Waals surface area (Å²) < 4.78 is 30.8. The van der Waals surface area contributed by atoms with Crippen molar-refractivity contribution in [2.24, 2.45) is 5.92 Å². The van der Waals surface area contributed by atoms with Gasteiger partial charge in [-0.15, -0.1) is 0 Å². The quantitative estimate of drug-likeness (QED) is 0.827. The lowest BCUT2D eigenvalue weighted by Crippen LogP contribution is -2.48. The van der Waals surface area contributed by atoms with Gasteiger partial charge in [0, 0.05) is 11.5 Å². The molecule has 3 nitrogen and oxygen atoms in total. The number of ether oxygens (including phenoxy) is 3. The molecule has 1 heterocycles. The van der Waals surface area contributed by atoms with Crippen LogP contribution in [0.15, 0.2) is 24.3 Å². The first-order chi connectivity index (χ1) is 9.54. The number of hydrogen-bond donors (Lipinski definition) is 0. The monoisotopic (exact) mass is 282 g/mol. The maximum atomic E-state index is 13.5. The van der Waals surface area contributed by atoms with E-state index in [-0.39, 0.29) is 18.7 Å². The lowest BCUT2D eigenvalue weighted by atomic mass is 10.1. The molecule has 0 N–H and O–H groups in total. The molecule has 0 saturated carbocycles. The summed E-state index contributed by atoms with van der Waals surface area (Å²) in [5.74, 6) is 0.123. The van der Waals surface area contributed by atoms with Crippen molar-refractivity contribution >= 4 is 0 Å². The summed E-state index contributed by atoms with van der Waals surface area (Å²) in [7, 11) is 0. The summed E-state index contributed by atoms with van der Waals surface area (Å²) >= 11 is 0. The predicted octanol–water partition coefficient (Wildman–Crippen LogP) is 3.52. The molecule has 1 aromatic carbocycles. The van der Waals surface area contributed by atoms with Crippen LogP contribution in [0.1, 0.15) is 32.8 Å². The molecule has 0 aromatic heterocycles. The molecule has 1 saturated heterocycles. The molecule has 1 fully saturated rings. The first-order valence-corrected chi connectivity index (χ1v) is 7.14. The zero-order chi connectivity index (χ0) is 14.6. The zero-order valence-corrected chi connectivity index (χ0v) is 12.4. The van der Waals surface area contributed by atoms with Gasteiger partial charge in [-0.25, -0.2) is 4.39 Å². The van der Waals surface area contributed by atoms with Crippen LogP contribution in [-0.2, 0) is 20.8 Å². The lowest BCUT2D eigenvalue weighted by molar-refractivity contribution is -0.277. The Labute approximate surface area is 120 Å². The Morgan fingerprint density at radius 2 is 2.00 bits per heavy atom. The maximum absolute atomic E-state index is 13.5. The van der Waals surface area contributed by atoms with Gasteiger partial charge in [0.05, 0.1) is 19.8 Å². The predicted molar refractivity (Wildman–Crippen MR) is 74.7 cm³/mol. The minimum absolute atomic E-state index is 0.162. The van der Waals surface area contributed by atoms with E-state index in [1.807, 2.05) is 6.92 Å². The molecule has 2 rings (SSSR count). The Hall–Kier alpha value is -0.970. The lowest BCUT2D eigenvalue weighted by Gasteiger charge is -2.39. The molecule has 0 spiro atoms. The van der Waals surface area contributed by atoms with Crippen molar-refractivity contribution in [3.63, 3.8) is 0 Å². The Morgan fingerprint density at radius 1 is 1.35 bits per heavy atom. The third-order valence-electron chi connectivity index (χ3n) is 3.75. The average molecular weight is 282 g/mol. The third-order valence-corrected chi connectivity index (χ3v) is 3.75. The minimum atomic E-state index is -0.522. The molecule has 20 heavy (non-hydrogen) atoms. The van der Waals surface area contributed by atoms with E-state index < -0.39 is 5.60 Å². The smallest absolute Gasteiger partial charge is 0.160 e. The molecule has 0 radical (unpaired) electrons. The fraction of sp³-hybridized carbons (Fsp3) is 0.625. The Balaban J connectivity index is 1.86. The number of halogens is 1. The molecule has 1 aromatic rings. The minimum Gasteiger partial charge on any atom is -0.366 e. The first-order valence-electron chi connectivity index (χ1n) is 7.14. The van der Waals surface area contributed by atoms with E-state index in [2.05, 4.69) is 13.8 Å². The van der Waals surface area contributed by atoms with E-state index in [1.54, 1.807) is 18.2 Å². The number of benzene rings is 1. The highest BCUT2D eigenvalue weighted by molar-refractivity contribution is 5.16. The summed E-state index contributed by atoms with van der Waals surface area (Å²) in [6.07, 6.45) is 0.849. The van der Waals surface area contributed by atoms with Crippen LogP contribution in [0.25, 0.3) is 0 Å². The van der Waals surface area contributed by atoms with Crippen molar-refractivity contribution in [1.82, 2.24) is 0 Å². The Morgan fingerprint density at radius 3 is 2.60 bits per heavy atom. The highest BCUT2D eigenvalue weighted by Crippen LogP contribution is 2.25. The van der Waals surface area contributed by atoms with Crippen LogP contribution in [-0.4, -0.2) is 25.1 Å². The van der Waals surface area contributed by atoms with Gasteiger partial charge in [0.15, 0.2) is 6.29 Å². The average Bonchev–Trinajstić information content (AvgIpc) is 2.46. The van der Waals surface area contributed by atoms with E-state index >= 15 is 0 Å². The van der Waals surface area contributed by atoms with Gasteiger partial charge < -0.3 is 14.2 Å². The normalized spacial score (nSPS) is 28.3. The SMILES string of the molecule is CCC(C)[C@H]1OC[C@@](C)(OCc2ccccc2F)CO1. The highest BCUT2D eigenvalue weighted by Gasteiger charge is 2.35. The summed E-state index contributed by atoms with van der Waals surface area (Å²) in [5, 5.41) is 0. The van der Waals surface area contributed by atoms with Gasteiger partial charge in [-0.3, -0.25) is 0 Å². The summed E-state index contributed by atoms with van der Waals surface area (Å²) in [4.78, 5) is 0. The fourth-order valence-corrected chi connectivity index (χ4v) is 2.08. The van der Waals surface area contributed by atoms with E-state index in [0.717, 1.165) is 6.42 Å². The van der Waals surface area contributed by atoms with Crippen LogP contribution in [0.3, 0.4) is 0 Å². The maximum Gasteiger partial charge on any atom is 0.160 e. The Kier molecular flexibility index (Phi) is 5.13. The van der Waals surface area contributed by atoms with Crippen molar-refractivity contribution in [3.05, 3.63) is 35.6 Å². The molecular weight excluding hydrogens is 259 g/mol. The topological polar surface area (TPSA) is 27.7 Å². The van der Waals surface area contributed by atoms with Crippen molar-refractivity contribution in [2.75, 3.05) is 13.2 Å². The first kappa shape index (κ1) is 15.4. The van der Waals surface area contributed by atoms with E-state index in [4.69, 9.17) is 14.2 Å². The van der Waals surface area contributed by atoms with Gasteiger partial charge in [-0.05, 0) is 19.4 Å². The fourth-order valence-electron chi connectivity index (χ4n) is 2.08. The van der Waals surface area contributed by atoms with Crippen LogP contribution in [0.5, 0.6) is 0 Å². The van der Waals surface area contributed by atoms with Crippen molar-refractivity contribution in [2.45, 2.75) is 45.7 Å². The highest BCUT2D eigenvalue weighted by atomic mass is 19.1.